The molecule has 2 aromatic heterocycles. The van der Waals surface area contributed by atoms with Crippen molar-refractivity contribution in [3.63, 3.8) is 0 Å². The summed E-state index contributed by atoms with van der Waals surface area (Å²) in [6, 6.07) is 11.9. The number of carbonyl (C=O) groups is 1. The molecule has 0 spiro atoms. The molecular formula is C19H20N4OS. The van der Waals surface area contributed by atoms with E-state index in [9.17, 15) is 4.79 Å². The molecule has 2 heterocycles. The third-order valence-electron chi connectivity index (χ3n) is 4.02. The summed E-state index contributed by atoms with van der Waals surface area (Å²) in [5.74, 6) is 0.0385. The molecule has 3 aromatic rings. The van der Waals surface area contributed by atoms with Crippen molar-refractivity contribution in [3.8, 4) is 0 Å². The Hall–Kier alpha value is -2.73. The molecule has 0 aliphatic heterocycles. The van der Waals surface area contributed by atoms with E-state index in [-0.39, 0.29) is 11.8 Å². The van der Waals surface area contributed by atoms with Gasteiger partial charge in [0.15, 0.2) is 5.69 Å². The third kappa shape index (κ3) is 4.22. The minimum absolute atomic E-state index is 0.168. The second-order valence-corrected chi connectivity index (χ2v) is 6.72. The molecule has 1 amide bonds. The van der Waals surface area contributed by atoms with Gasteiger partial charge in [0.1, 0.15) is 5.00 Å². The molecule has 1 aromatic carbocycles. The Balaban J connectivity index is 1.65. The predicted molar refractivity (Wildman–Crippen MR) is 102 cm³/mol. The van der Waals surface area contributed by atoms with E-state index in [1.54, 1.807) is 17.9 Å². The van der Waals surface area contributed by atoms with Crippen LogP contribution in [0.5, 0.6) is 0 Å². The average Bonchev–Trinajstić information content (AvgIpc) is 3.10. The zero-order valence-electron chi connectivity index (χ0n) is 14.2. The zero-order valence-corrected chi connectivity index (χ0v) is 15.0. The molecule has 0 saturated heterocycles. The van der Waals surface area contributed by atoms with Crippen LogP contribution in [-0.2, 0) is 0 Å². The fourth-order valence-electron chi connectivity index (χ4n) is 2.47. The van der Waals surface area contributed by atoms with E-state index in [1.165, 1.54) is 11.3 Å². The Labute approximate surface area is 151 Å². The number of carbonyl (C=O) groups excluding carboxylic acids is 1. The number of amides is 1. The molecule has 1 unspecified atom stereocenters. The van der Waals surface area contributed by atoms with Gasteiger partial charge in [-0.1, -0.05) is 25.1 Å². The van der Waals surface area contributed by atoms with Crippen molar-refractivity contribution in [2.45, 2.75) is 19.8 Å². The number of aryl methyl sites for hydroxylation is 1. The summed E-state index contributed by atoms with van der Waals surface area (Å²) in [5, 5.41) is 7.03. The Morgan fingerprint density at radius 3 is 2.72 bits per heavy atom. The number of rotatable bonds is 6. The first kappa shape index (κ1) is 17.1. The molecule has 25 heavy (non-hydrogen) atoms. The van der Waals surface area contributed by atoms with E-state index in [1.807, 2.05) is 43.3 Å². The maximum Gasteiger partial charge on any atom is 0.272 e. The Bertz CT molecular complexity index is 847. The van der Waals surface area contributed by atoms with Crippen LogP contribution in [0.25, 0.3) is 0 Å². The number of benzene rings is 1. The first-order valence-corrected chi connectivity index (χ1v) is 8.97. The fourth-order valence-corrected chi connectivity index (χ4v) is 3.16. The molecule has 2 N–H and O–H groups in total. The normalized spacial score (nSPS) is 11.8. The van der Waals surface area contributed by atoms with E-state index >= 15 is 0 Å². The number of para-hydroxylation sites is 1. The van der Waals surface area contributed by atoms with E-state index in [2.05, 4.69) is 27.5 Å². The number of nitrogens with zero attached hydrogens (tertiary/aromatic N) is 2. The number of hydrogen-bond acceptors (Lipinski definition) is 5. The number of pyridine rings is 1. The predicted octanol–water partition coefficient (Wildman–Crippen LogP) is 4.12. The van der Waals surface area contributed by atoms with Crippen molar-refractivity contribution in [2.75, 3.05) is 11.9 Å². The van der Waals surface area contributed by atoms with Crippen LogP contribution < -0.4 is 10.6 Å². The second kappa shape index (κ2) is 7.90. The topological polar surface area (TPSA) is 66.9 Å². The molecule has 0 aliphatic rings. The van der Waals surface area contributed by atoms with Crippen LogP contribution in [0, 0.1) is 6.92 Å². The van der Waals surface area contributed by atoms with Crippen molar-refractivity contribution in [2.24, 2.45) is 0 Å². The molecule has 1 atom stereocenters. The van der Waals surface area contributed by atoms with Gasteiger partial charge in [-0.2, -0.15) is 0 Å². The summed E-state index contributed by atoms with van der Waals surface area (Å²) in [6.07, 6.45) is 3.52. The van der Waals surface area contributed by atoms with Crippen LogP contribution in [0.3, 0.4) is 0 Å². The lowest BCUT2D eigenvalue weighted by Gasteiger charge is -2.13. The van der Waals surface area contributed by atoms with Gasteiger partial charge in [0, 0.05) is 24.6 Å². The molecule has 6 heteroatoms. The van der Waals surface area contributed by atoms with Gasteiger partial charge in [-0.3, -0.25) is 9.78 Å². The third-order valence-corrected chi connectivity index (χ3v) is 4.76. The highest BCUT2D eigenvalue weighted by Gasteiger charge is 2.16. The van der Waals surface area contributed by atoms with Crippen molar-refractivity contribution >= 4 is 27.9 Å². The van der Waals surface area contributed by atoms with Crippen LogP contribution in [0.1, 0.15) is 34.5 Å². The summed E-state index contributed by atoms with van der Waals surface area (Å²) in [7, 11) is 0. The fraction of sp³-hybridized carbons (Fsp3) is 0.211. The van der Waals surface area contributed by atoms with Gasteiger partial charge in [0.25, 0.3) is 5.91 Å². The first-order chi connectivity index (χ1) is 12.1. The van der Waals surface area contributed by atoms with E-state index < -0.39 is 0 Å². The van der Waals surface area contributed by atoms with Gasteiger partial charge >= 0.3 is 0 Å². The maximum atomic E-state index is 12.5. The zero-order chi connectivity index (χ0) is 17.6. The van der Waals surface area contributed by atoms with Gasteiger partial charge < -0.3 is 10.6 Å². The molecule has 0 radical (unpaired) electrons. The van der Waals surface area contributed by atoms with Crippen LogP contribution in [-0.4, -0.2) is 22.4 Å². The molecular weight excluding hydrogens is 332 g/mol. The molecule has 128 valence electrons. The minimum Gasteiger partial charge on any atom is -0.350 e. The summed E-state index contributed by atoms with van der Waals surface area (Å²) >= 11 is 1.42. The number of anilines is 2. The molecule has 0 bridgehead atoms. The molecule has 0 aliphatic carbocycles. The highest BCUT2D eigenvalue weighted by molar-refractivity contribution is 7.14. The number of nitrogens with one attached hydrogen (secondary N) is 2. The highest BCUT2D eigenvalue weighted by Crippen LogP contribution is 2.26. The minimum atomic E-state index is -0.168. The first-order valence-electron chi connectivity index (χ1n) is 8.09. The standard InChI is InChI=1S/C19H20N4OS/c1-13-5-3-4-6-16(13)23-19-17(22-12-25-19)18(24)21-11-14(2)15-7-9-20-10-8-15/h3-10,12,14,23H,11H2,1-2H3,(H,21,24). The molecule has 3 rings (SSSR count). The van der Waals surface area contributed by atoms with Gasteiger partial charge in [-0.05, 0) is 42.2 Å². The van der Waals surface area contributed by atoms with Crippen molar-refractivity contribution in [1.29, 1.82) is 0 Å². The monoisotopic (exact) mass is 352 g/mol. The van der Waals surface area contributed by atoms with Gasteiger partial charge in [-0.15, -0.1) is 11.3 Å². The van der Waals surface area contributed by atoms with Gasteiger partial charge in [-0.25, -0.2) is 4.98 Å². The van der Waals surface area contributed by atoms with E-state index in [0.29, 0.717) is 12.2 Å². The summed E-state index contributed by atoms with van der Waals surface area (Å²) in [5.41, 5.74) is 5.35. The maximum absolute atomic E-state index is 12.5. The van der Waals surface area contributed by atoms with Gasteiger partial charge in [0.05, 0.1) is 5.51 Å². The second-order valence-electron chi connectivity index (χ2n) is 5.86. The Morgan fingerprint density at radius 2 is 1.96 bits per heavy atom. The lowest BCUT2D eigenvalue weighted by Crippen LogP contribution is -2.28. The lowest BCUT2D eigenvalue weighted by molar-refractivity contribution is 0.0948. The van der Waals surface area contributed by atoms with Crippen LogP contribution >= 0.6 is 11.3 Å². The summed E-state index contributed by atoms with van der Waals surface area (Å²) in [4.78, 5) is 20.8. The SMILES string of the molecule is Cc1ccccc1Nc1scnc1C(=O)NCC(C)c1ccncc1. The van der Waals surface area contributed by atoms with Crippen molar-refractivity contribution in [1.82, 2.24) is 15.3 Å². The highest BCUT2D eigenvalue weighted by atomic mass is 32.1. The Morgan fingerprint density at radius 1 is 1.20 bits per heavy atom. The Kier molecular flexibility index (Phi) is 5.40. The van der Waals surface area contributed by atoms with Gasteiger partial charge in [0.2, 0.25) is 0 Å². The number of thiazole rings is 1. The molecule has 0 saturated carbocycles. The van der Waals surface area contributed by atoms with E-state index in [0.717, 1.165) is 21.8 Å². The average molecular weight is 352 g/mol. The van der Waals surface area contributed by atoms with E-state index in [4.69, 9.17) is 0 Å². The van der Waals surface area contributed by atoms with Crippen LogP contribution in [0.15, 0.2) is 54.3 Å². The summed E-state index contributed by atoms with van der Waals surface area (Å²) in [6.45, 7) is 4.65. The lowest BCUT2D eigenvalue weighted by atomic mass is 10.0. The van der Waals surface area contributed by atoms with Crippen molar-refractivity contribution < 1.29 is 4.79 Å². The van der Waals surface area contributed by atoms with Crippen LogP contribution in [0.2, 0.25) is 0 Å². The largest absolute Gasteiger partial charge is 0.350 e. The van der Waals surface area contributed by atoms with Crippen LogP contribution in [0.4, 0.5) is 10.7 Å². The smallest absolute Gasteiger partial charge is 0.272 e. The quantitative estimate of drug-likeness (QED) is 0.700. The molecule has 5 nitrogen and oxygen atoms in total. The summed E-state index contributed by atoms with van der Waals surface area (Å²) < 4.78 is 0. The number of aromatic nitrogens is 2. The molecule has 0 fully saturated rings. The number of hydrogen-bond donors (Lipinski definition) is 2. The van der Waals surface area contributed by atoms with Crippen molar-refractivity contribution in [3.05, 3.63) is 71.1 Å².